The summed E-state index contributed by atoms with van der Waals surface area (Å²) in [5, 5.41) is 0. The number of furan rings is 1. The lowest BCUT2D eigenvalue weighted by atomic mass is 9.88. The fourth-order valence-electron chi connectivity index (χ4n) is 4.90. The van der Waals surface area contributed by atoms with Crippen molar-refractivity contribution in [2.75, 3.05) is 33.3 Å². The van der Waals surface area contributed by atoms with Crippen LogP contribution in [0.3, 0.4) is 0 Å². The van der Waals surface area contributed by atoms with Crippen molar-refractivity contribution in [1.29, 1.82) is 0 Å². The molecule has 0 aliphatic carbocycles. The van der Waals surface area contributed by atoms with E-state index in [9.17, 15) is 9.18 Å². The van der Waals surface area contributed by atoms with Gasteiger partial charge in [-0.2, -0.15) is 0 Å². The molecule has 34 heavy (non-hydrogen) atoms. The molecule has 0 radical (unpaired) electrons. The molecule has 2 aromatic carbocycles. The summed E-state index contributed by atoms with van der Waals surface area (Å²) in [6, 6.07) is 18.3. The van der Waals surface area contributed by atoms with Gasteiger partial charge in [-0.25, -0.2) is 4.39 Å². The van der Waals surface area contributed by atoms with E-state index in [-0.39, 0.29) is 29.2 Å². The second-order valence-electron chi connectivity index (χ2n) is 9.50. The minimum Gasteiger partial charge on any atom is -0.497 e. The number of halogens is 1. The molecular weight excluding hydrogens is 431 g/mol. The Balaban J connectivity index is 1.59. The van der Waals surface area contributed by atoms with Gasteiger partial charge >= 0.3 is 0 Å². The molecule has 3 aromatic rings. The van der Waals surface area contributed by atoms with Gasteiger partial charge in [0.05, 0.1) is 25.5 Å². The van der Waals surface area contributed by atoms with Crippen LogP contribution >= 0.6 is 0 Å². The van der Waals surface area contributed by atoms with E-state index in [2.05, 4.69) is 30.9 Å². The van der Waals surface area contributed by atoms with Crippen LogP contribution in [0.25, 0.3) is 0 Å². The lowest BCUT2D eigenvalue weighted by Crippen LogP contribution is -2.40. The maximum atomic E-state index is 14.5. The third-order valence-corrected chi connectivity index (χ3v) is 6.45. The van der Waals surface area contributed by atoms with Crippen molar-refractivity contribution in [2.45, 2.75) is 26.3 Å². The van der Waals surface area contributed by atoms with Crippen LogP contribution < -0.4 is 4.74 Å². The molecule has 1 saturated heterocycles. The average Bonchev–Trinajstić information content (AvgIpc) is 3.48. The van der Waals surface area contributed by atoms with E-state index in [0.717, 1.165) is 31.1 Å². The molecule has 0 saturated carbocycles. The number of nitrogens with zero attached hydrogens (tertiary/aromatic N) is 2. The van der Waals surface area contributed by atoms with Crippen molar-refractivity contribution in [1.82, 2.24) is 9.80 Å². The van der Waals surface area contributed by atoms with E-state index in [4.69, 9.17) is 9.15 Å². The Bertz CT molecular complexity index is 1070. The average molecular weight is 465 g/mol. The third kappa shape index (κ3) is 5.68. The van der Waals surface area contributed by atoms with Crippen LogP contribution in [0.2, 0.25) is 0 Å². The van der Waals surface area contributed by atoms with Crippen LogP contribution in [0.5, 0.6) is 5.75 Å². The number of likely N-dealkylation sites (tertiary alicyclic amines) is 1. The number of benzene rings is 2. The minimum atomic E-state index is -0.473. The summed E-state index contributed by atoms with van der Waals surface area (Å²) in [5.41, 5.74) is 1.35. The fraction of sp³-hybridized carbons (Fsp3) is 0.393. The van der Waals surface area contributed by atoms with E-state index in [1.54, 1.807) is 31.6 Å². The summed E-state index contributed by atoms with van der Waals surface area (Å²) in [5.74, 6) is 1.75. The number of carbonyl (C=O) groups excluding carboxylic acids is 1. The summed E-state index contributed by atoms with van der Waals surface area (Å²) in [4.78, 5) is 17.6. The Labute approximate surface area is 201 Å². The van der Waals surface area contributed by atoms with Crippen molar-refractivity contribution in [3.05, 3.63) is 89.6 Å². The highest BCUT2D eigenvalue weighted by atomic mass is 19.1. The predicted octanol–water partition coefficient (Wildman–Crippen LogP) is 5.44. The van der Waals surface area contributed by atoms with Crippen LogP contribution in [-0.4, -0.2) is 49.0 Å². The van der Waals surface area contributed by atoms with Gasteiger partial charge in [0.15, 0.2) is 0 Å². The lowest BCUT2D eigenvalue weighted by Gasteiger charge is -2.30. The Morgan fingerprint density at radius 2 is 1.88 bits per heavy atom. The predicted molar refractivity (Wildman–Crippen MR) is 130 cm³/mol. The van der Waals surface area contributed by atoms with Gasteiger partial charge in [0, 0.05) is 32.1 Å². The van der Waals surface area contributed by atoms with Crippen molar-refractivity contribution in [2.24, 2.45) is 11.8 Å². The van der Waals surface area contributed by atoms with Gasteiger partial charge in [-0.15, -0.1) is 0 Å². The van der Waals surface area contributed by atoms with Crippen molar-refractivity contribution in [3.63, 3.8) is 0 Å². The SMILES string of the molecule is COc1ccc(C2CN(Cc3ccco3)CC2CN(CC(C)C)C(=O)c2ccccc2F)cc1. The maximum Gasteiger partial charge on any atom is 0.256 e. The smallest absolute Gasteiger partial charge is 0.256 e. The molecular formula is C28H33FN2O3. The standard InChI is InChI=1S/C28H33FN2O3/c1-20(2)15-31(28(32)25-8-4-5-9-27(25)29)17-22-16-30(18-24-7-6-14-34-24)19-26(22)21-10-12-23(33-3)13-11-21/h4-14,20,22,26H,15-19H2,1-3H3. The highest BCUT2D eigenvalue weighted by Crippen LogP contribution is 2.35. The van der Waals surface area contributed by atoms with Crippen LogP contribution in [-0.2, 0) is 6.54 Å². The van der Waals surface area contributed by atoms with Gasteiger partial charge in [0.25, 0.3) is 5.91 Å². The van der Waals surface area contributed by atoms with E-state index in [1.165, 1.54) is 11.6 Å². The number of ether oxygens (including phenoxy) is 1. The molecule has 6 heteroatoms. The summed E-state index contributed by atoms with van der Waals surface area (Å²) in [6.07, 6.45) is 1.70. The van der Waals surface area contributed by atoms with Gasteiger partial charge in [0.2, 0.25) is 0 Å². The van der Waals surface area contributed by atoms with Crippen LogP contribution in [0, 0.1) is 17.7 Å². The molecule has 2 heterocycles. The molecule has 180 valence electrons. The summed E-state index contributed by atoms with van der Waals surface area (Å²) >= 11 is 0. The van der Waals surface area contributed by atoms with Gasteiger partial charge in [0.1, 0.15) is 17.3 Å². The number of hydrogen-bond acceptors (Lipinski definition) is 4. The molecule has 1 aliphatic rings. The molecule has 4 rings (SSSR count). The molecule has 5 nitrogen and oxygen atoms in total. The molecule has 2 atom stereocenters. The first-order chi connectivity index (χ1) is 16.4. The fourth-order valence-corrected chi connectivity index (χ4v) is 4.90. The number of amides is 1. The Kier molecular flexibility index (Phi) is 7.68. The minimum absolute atomic E-state index is 0.134. The molecule has 0 spiro atoms. The largest absolute Gasteiger partial charge is 0.497 e. The normalized spacial score (nSPS) is 18.4. The number of rotatable bonds is 9. The highest BCUT2D eigenvalue weighted by Gasteiger charge is 2.36. The first-order valence-corrected chi connectivity index (χ1v) is 11.9. The second kappa shape index (κ2) is 10.9. The second-order valence-corrected chi connectivity index (χ2v) is 9.50. The molecule has 0 bridgehead atoms. The van der Waals surface area contributed by atoms with Crippen LogP contribution in [0.4, 0.5) is 4.39 Å². The van der Waals surface area contributed by atoms with Crippen molar-refractivity contribution in [3.8, 4) is 5.75 Å². The molecule has 1 aliphatic heterocycles. The molecule has 2 unspecified atom stereocenters. The van der Waals surface area contributed by atoms with Crippen LogP contribution in [0.15, 0.2) is 71.3 Å². The highest BCUT2D eigenvalue weighted by molar-refractivity contribution is 5.94. The maximum absolute atomic E-state index is 14.5. The topological polar surface area (TPSA) is 45.9 Å². The summed E-state index contributed by atoms with van der Waals surface area (Å²) in [7, 11) is 1.66. The van der Waals surface area contributed by atoms with Gasteiger partial charge in [-0.3, -0.25) is 9.69 Å². The zero-order valence-electron chi connectivity index (χ0n) is 20.1. The molecule has 1 amide bonds. The summed E-state index contributed by atoms with van der Waals surface area (Å²) < 4.78 is 25.4. The van der Waals surface area contributed by atoms with Gasteiger partial charge in [-0.1, -0.05) is 38.1 Å². The quantitative estimate of drug-likeness (QED) is 0.423. The Morgan fingerprint density at radius 1 is 1.12 bits per heavy atom. The Hall–Kier alpha value is -3.12. The molecule has 0 N–H and O–H groups in total. The van der Waals surface area contributed by atoms with Crippen molar-refractivity contribution >= 4 is 5.91 Å². The number of carbonyl (C=O) groups is 1. The molecule has 1 fully saturated rings. The van der Waals surface area contributed by atoms with Crippen LogP contribution in [0.1, 0.15) is 41.4 Å². The van der Waals surface area contributed by atoms with Crippen molar-refractivity contribution < 1.29 is 18.3 Å². The number of methoxy groups -OCH3 is 1. The Morgan fingerprint density at radius 3 is 2.53 bits per heavy atom. The monoisotopic (exact) mass is 464 g/mol. The van der Waals surface area contributed by atoms with E-state index in [0.29, 0.717) is 13.1 Å². The van der Waals surface area contributed by atoms with Gasteiger partial charge in [-0.05, 0) is 53.8 Å². The lowest BCUT2D eigenvalue weighted by molar-refractivity contribution is 0.0698. The first kappa shape index (κ1) is 24.0. The number of hydrogen-bond donors (Lipinski definition) is 0. The first-order valence-electron chi connectivity index (χ1n) is 11.9. The zero-order chi connectivity index (χ0) is 24.1. The van der Waals surface area contributed by atoms with E-state index >= 15 is 0 Å². The van der Waals surface area contributed by atoms with E-state index < -0.39 is 5.82 Å². The summed E-state index contributed by atoms with van der Waals surface area (Å²) in [6.45, 7) is 7.73. The zero-order valence-corrected chi connectivity index (χ0v) is 20.1. The van der Waals surface area contributed by atoms with E-state index in [1.807, 2.05) is 29.2 Å². The van der Waals surface area contributed by atoms with Gasteiger partial charge < -0.3 is 14.1 Å². The molecule has 1 aromatic heterocycles. The third-order valence-electron chi connectivity index (χ3n) is 6.45.